The first-order valence-electron chi connectivity index (χ1n) is 9.63. The highest BCUT2D eigenvalue weighted by molar-refractivity contribution is 5.94. The van der Waals surface area contributed by atoms with Gasteiger partial charge in [0, 0.05) is 29.4 Å². The van der Waals surface area contributed by atoms with E-state index in [-0.39, 0.29) is 11.8 Å². The summed E-state index contributed by atoms with van der Waals surface area (Å²) >= 11 is 0. The molecule has 1 aliphatic rings. The Labute approximate surface area is 174 Å². The van der Waals surface area contributed by atoms with Gasteiger partial charge in [-0.2, -0.15) is 0 Å². The van der Waals surface area contributed by atoms with Gasteiger partial charge in [-0.25, -0.2) is 9.97 Å². The molecule has 1 fully saturated rings. The zero-order valence-corrected chi connectivity index (χ0v) is 16.8. The van der Waals surface area contributed by atoms with E-state index in [4.69, 9.17) is 9.47 Å². The summed E-state index contributed by atoms with van der Waals surface area (Å²) in [5, 5.41) is 9.42. The molecule has 0 saturated heterocycles. The van der Waals surface area contributed by atoms with Crippen molar-refractivity contribution >= 4 is 34.6 Å². The van der Waals surface area contributed by atoms with Crippen molar-refractivity contribution in [2.75, 3.05) is 30.2 Å². The van der Waals surface area contributed by atoms with Gasteiger partial charge in [-0.15, -0.1) is 0 Å². The predicted octanol–water partition coefficient (Wildman–Crippen LogP) is 4.33. The average Bonchev–Trinajstić information content (AvgIpc) is 3.60. The van der Waals surface area contributed by atoms with E-state index in [1.165, 1.54) is 6.33 Å². The lowest BCUT2D eigenvalue weighted by Crippen LogP contribution is -2.13. The molecule has 0 radical (unpaired) electrons. The van der Waals surface area contributed by atoms with Crippen LogP contribution in [0.3, 0.4) is 0 Å². The first-order chi connectivity index (χ1) is 14.6. The summed E-state index contributed by atoms with van der Waals surface area (Å²) in [6, 6.07) is 14.8. The molecule has 8 nitrogen and oxygen atoms in total. The molecule has 1 aliphatic carbocycles. The van der Waals surface area contributed by atoms with Crippen LogP contribution < -0.4 is 25.4 Å². The van der Waals surface area contributed by atoms with E-state index >= 15 is 0 Å². The monoisotopic (exact) mass is 405 g/mol. The third kappa shape index (κ3) is 4.78. The van der Waals surface area contributed by atoms with Crippen molar-refractivity contribution in [3.8, 4) is 11.5 Å². The molecule has 154 valence electrons. The minimum Gasteiger partial charge on any atom is -0.497 e. The first kappa shape index (κ1) is 19.5. The molecule has 0 spiro atoms. The Bertz CT molecular complexity index is 1050. The smallest absolute Gasteiger partial charge is 0.227 e. The number of anilines is 5. The summed E-state index contributed by atoms with van der Waals surface area (Å²) in [6.07, 6.45) is 3.41. The quantitative estimate of drug-likeness (QED) is 0.513. The molecule has 1 amide bonds. The van der Waals surface area contributed by atoms with Gasteiger partial charge in [-0.3, -0.25) is 4.79 Å². The number of rotatable bonds is 8. The molecule has 1 heterocycles. The molecule has 3 N–H and O–H groups in total. The van der Waals surface area contributed by atoms with Gasteiger partial charge >= 0.3 is 0 Å². The van der Waals surface area contributed by atoms with Crippen LogP contribution in [-0.4, -0.2) is 30.1 Å². The van der Waals surface area contributed by atoms with Gasteiger partial charge in [0.15, 0.2) is 0 Å². The summed E-state index contributed by atoms with van der Waals surface area (Å²) in [5.41, 5.74) is 2.30. The van der Waals surface area contributed by atoms with E-state index in [1.807, 2.05) is 42.5 Å². The molecule has 1 saturated carbocycles. The lowest BCUT2D eigenvalue weighted by Gasteiger charge is -2.13. The van der Waals surface area contributed by atoms with Gasteiger partial charge in [0.05, 0.1) is 19.9 Å². The van der Waals surface area contributed by atoms with Gasteiger partial charge in [-0.05, 0) is 43.2 Å². The Balaban J connectivity index is 1.48. The maximum absolute atomic E-state index is 12.0. The molecule has 3 aromatic rings. The van der Waals surface area contributed by atoms with Gasteiger partial charge < -0.3 is 25.4 Å². The molecule has 8 heteroatoms. The fourth-order valence-corrected chi connectivity index (χ4v) is 2.96. The number of hydrogen-bond acceptors (Lipinski definition) is 7. The van der Waals surface area contributed by atoms with E-state index < -0.39 is 0 Å². The lowest BCUT2D eigenvalue weighted by atomic mass is 10.2. The normalized spacial score (nSPS) is 12.7. The van der Waals surface area contributed by atoms with Crippen molar-refractivity contribution in [1.82, 2.24) is 9.97 Å². The van der Waals surface area contributed by atoms with Crippen LogP contribution in [0.1, 0.15) is 12.8 Å². The van der Waals surface area contributed by atoms with Crippen molar-refractivity contribution in [1.29, 1.82) is 0 Å². The molecule has 0 bridgehead atoms. The minimum absolute atomic E-state index is 0.0768. The standard InChI is InChI=1S/C22H23N5O3/c1-29-17-8-9-19(30-2)18(11-17)27-21-12-20(23-13-24-21)25-15-4-3-5-16(10-15)26-22(28)14-6-7-14/h3-5,8-14H,6-7H2,1-2H3,(H,26,28)(H2,23,24,25,27). The largest absolute Gasteiger partial charge is 0.497 e. The highest BCUT2D eigenvalue weighted by Crippen LogP contribution is 2.32. The summed E-state index contributed by atoms with van der Waals surface area (Å²) in [6.45, 7) is 0. The summed E-state index contributed by atoms with van der Waals surface area (Å²) < 4.78 is 10.7. The maximum Gasteiger partial charge on any atom is 0.227 e. The van der Waals surface area contributed by atoms with Gasteiger partial charge in [0.2, 0.25) is 5.91 Å². The van der Waals surface area contributed by atoms with Crippen molar-refractivity contribution in [3.05, 3.63) is 54.9 Å². The molecular weight excluding hydrogens is 382 g/mol. The van der Waals surface area contributed by atoms with Crippen LogP contribution in [0.5, 0.6) is 11.5 Å². The lowest BCUT2D eigenvalue weighted by molar-refractivity contribution is -0.117. The van der Waals surface area contributed by atoms with Gasteiger partial charge in [0.1, 0.15) is 29.5 Å². The fraction of sp³-hybridized carbons (Fsp3) is 0.227. The third-order valence-corrected chi connectivity index (χ3v) is 4.69. The second-order valence-corrected chi connectivity index (χ2v) is 6.95. The molecular formula is C22H23N5O3. The number of benzene rings is 2. The Morgan fingerprint density at radius 1 is 0.933 bits per heavy atom. The number of hydrogen-bond donors (Lipinski definition) is 3. The summed E-state index contributed by atoms with van der Waals surface area (Å²) in [4.78, 5) is 20.5. The number of carbonyl (C=O) groups is 1. The highest BCUT2D eigenvalue weighted by atomic mass is 16.5. The van der Waals surface area contributed by atoms with Crippen LogP contribution in [0, 0.1) is 5.92 Å². The van der Waals surface area contributed by atoms with Crippen LogP contribution in [0.25, 0.3) is 0 Å². The second kappa shape index (κ2) is 8.69. The van der Waals surface area contributed by atoms with Crippen molar-refractivity contribution in [3.63, 3.8) is 0 Å². The van der Waals surface area contributed by atoms with E-state index in [2.05, 4.69) is 25.9 Å². The number of ether oxygens (including phenoxy) is 2. The van der Waals surface area contributed by atoms with Gasteiger partial charge in [-0.1, -0.05) is 6.07 Å². The fourth-order valence-electron chi connectivity index (χ4n) is 2.96. The molecule has 30 heavy (non-hydrogen) atoms. The molecule has 4 rings (SSSR count). The molecule has 0 aliphatic heterocycles. The summed E-state index contributed by atoms with van der Waals surface area (Å²) in [7, 11) is 3.22. The average molecular weight is 405 g/mol. The molecule has 0 atom stereocenters. The van der Waals surface area contributed by atoms with Crippen LogP contribution in [0.4, 0.5) is 28.7 Å². The summed E-state index contributed by atoms with van der Waals surface area (Å²) in [5.74, 6) is 2.81. The highest BCUT2D eigenvalue weighted by Gasteiger charge is 2.29. The number of methoxy groups -OCH3 is 2. The van der Waals surface area contributed by atoms with Crippen molar-refractivity contribution in [2.45, 2.75) is 12.8 Å². The van der Waals surface area contributed by atoms with E-state index in [0.29, 0.717) is 23.1 Å². The number of amides is 1. The van der Waals surface area contributed by atoms with Crippen LogP contribution in [0.15, 0.2) is 54.9 Å². The van der Waals surface area contributed by atoms with Crippen LogP contribution >= 0.6 is 0 Å². The van der Waals surface area contributed by atoms with Gasteiger partial charge in [0.25, 0.3) is 0 Å². The first-order valence-corrected chi connectivity index (χ1v) is 9.63. The molecule has 0 unspecified atom stereocenters. The van der Waals surface area contributed by atoms with Crippen molar-refractivity contribution < 1.29 is 14.3 Å². The predicted molar refractivity (Wildman–Crippen MR) is 116 cm³/mol. The Morgan fingerprint density at radius 3 is 2.43 bits per heavy atom. The number of nitrogens with zero attached hydrogens (tertiary/aromatic N) is 2. The minimum atomic E-state index is 0.0768. The Hall–Kier alpha value is -3.81. The SMILES string of the molecule is COc1ccc(OC)c(Nc2cc(Nc3cccc(NC(=O)C4CC4)c3)ncn2)c1. The maximum atomic E-state index is 12.0. The third-order valence-electron chi connectivity index (χ3n) is 4.69. The van der Waals surface area contributed by atoms with Crippen LogP contribution in [0.2, 0.25) is 0 Å². The number of nitrogens with one attached hydrogen (secondary N) is 3. The van der Waals surface area contributed by atoms with E-state index in [1.54, 1.807) is 20.3 Å². The Morgan fingerprint density at radius 2 is 1.70 bits per heavy atom. The van der Waals surface area contributed by atoms with E-state index in [0.717, 1.165) is 29.9 Å². The van der Waals surface area contributed by atoms with E-state index in [9.17, 15) is 4.79 Å². The topological polar surface area (TPSA) is 97.4 Å². The number of carbonyl (C=O) groups excluding carboxylic acids is 1. The van der Waals surface area contributed by atoms with Crippen LogP contribution in [-0.2, 0) is 4.79 Å². The Kier molecular flexibility index (Phi) is 5.65. The zero-order valence-electron chi connectivity index (χ0n) is 16.8. The number of aromatic nitrogens is 2. The molecule has 1 aromatic heterocycles. The second-order valence-electron chi connectivity index (χ2n) is 6.95. The zero-order chi connectivity index (χ0) is 20.9. The molecule has 2 aromatic carbocycles. The van der Waals surface area contributed by atoms with Crippen molar-refractivity contribution in [2.24, 2.45) is 5.92 Å².